The van der Waals surface area contributed by atoms with Gasteiger partial charge >= 0.3 is 6.03 Å². The first-order valence-electron chi connectivity index (χ1n) is 8.44. The van der Waals surface area contributed by atoms with Crippen LogP contribution >= 0.6 is 0 Å². The number of carbonyl (C=O) groups is 2. The lowest BCUT2D eigenvalue weighted by Crippen LogP contribution is -2.28. The van der Waals surface area contributed by atoms with E-state index in [1.54, 1.807) is 24.3 Å². The summed E-state index contributed by atoms with van der Waals surface area (Å²) in [6.07, 6.45) is 0. The number of nitrogens with two attached hydrogens (primary N) is 1. The number of benzene rings is 2. The number of primary amides is 1. The number of amides is 3. The Labute approximate surface area is 153 Å². The quantitative estimate of drug-likeness (QED) is 0.694. The first kappa shape index (κ1) is 19.3. The summed E-state index contributed by atoms with van der Waals surface area (Å²) >= 11 is 0. The summed E-state index contributed by atoms with van der Waals surface area (Å²) in [7, 11) is 0. The van der Waals surface area contributed by atoms with Crippen LogP contribution in [0.1, 0.15) is 36.7 Å². The summed E-state index contributed by atoms with van der Waals surface area (Å²) in [5.74, 6) is 0.518. The van der Waals surface area contributed by atoms with Gasteiger partial charge in [-0.25, -0.2) is 4.79 Å². The summed E-state index contributed by atoms with van der Waals surface area (Å²) in [6, 6.07) is 13.8. The van der Waals surface area contributed by atoms with E-state index in [1.165, 1.54) is 5.56 Å². The molecule has 0 aliphatic carbocycles. The molecular formula is C20H25N3O3. The van der Waals surface area contributed by atoms with E-state index in [9.17, 15) is 9.59 Å². The first-order chi connectivity index (χ1) is 12.3. The molecule has 0 fully saturated rings. The van der Waals surface area contributed by atoms with E-state index < -0.39 is 6.03 Å². The van der Waals surface area contributed by atoms with Crippen molar-refractivity contribution < 1.29 is 14.3 Å². The molecule has 2 aromatic rings. The Morgan fingerprint density at radius 3 is 2.38 bits per heavy atom. The maximum atomic E-state index is 12.1. The summed E-state index contributed by atoms with van der Waals surface area (Å²) in [4.78, 5) is 23.0. The molecular weight excluding hydrogens is 330 g/mol. The Balaban J connectivity index is 1.81. The zero-order valence-electron chi connectivity index (χ0n) is 15.3. The van der Waals surface area contributed by atoms with Gasteiger partial charge in [0.2, 0.25) is 0 Å². The second-order valence-corrected chi connectivity index (χ2v) is 6.95. The third kappa shape index (κ3) is 5.81. The second kappa shape index (κ2) is 8.38. The van der Waals surface area contributed by atoms with E-state index >= 15 is 0 Å². The monoisotopic (exact) mass is 355 g/mol. The average Bonchev–Trinajstić information content (AvgIpc) is 2.58. The molecule has 0 radical (unpaired) electrons. The van der Waals surface area contributed by atoms with Gasteiger partial charge in [0.1, 0.15) is 12.4 Å². The molecule has 0 spiro atoms. The van der Waals surface area contributed by atoms with E-state index in [0.717, 1.165) is 5.75 Å². The number of anilines is 1. The van der Waals surface area contributed by atoms with E-state index in [0.29, 0.717) is 24.4 Å². The molecule has 0 heterocycles. The highest BCUT2D eigenvalue weighted by Crippen LogP contribution is 2.24. The van der Waals surface area contributed by atoms with Gasteiger partial charge in [0.15, 0.2) is 0 Å². The van der Waals surface area contributed by atoms with Gasteiger partial charge in [-0.3, -0.25) is 4.79 Å². The number of hydrogen-bond donors (Lipinski definition) is 3. The number of nitrogens with one attached hydrogen (secondary N) is 2. The third-order valence-corrected chi connectivity index (χ3v) is 3.77. The van der Waals surface area contributed by atoms with Gasteiger partial charge in [-0.05, 0) is 41.3 Å². The van der Waals surface area contributed by atoms with Crippen LogP contribution in [0.5, 0.6) is 5.75 Å². The van der Waals surface area contributed by atoms with Gasteiger partial charge in [-0.15, -0.1) is 0 Å². The topological polar surface area (TPSA) is 93.4 Å². The third-order valence-electron chi connectivity index (χ3n) is 3.77. The predicted molar refractivity (Wildman–Crippen MR) is 103 cm³/mol. The molecule has 0 aliphatic rings. The molecule has 2 aromatic carbocycles. The van der Waals surface area contributed by atoms with E-state index in [-0.39, 0.29) is 11.3 Å². The second-order valence-electron chi connectivity index (χ2n) is 6.95. The van der Waals surface area contributed by atoms with Crippen molar-refractivity contribution in [2.75, 3.05) is 18.5 Å². The number of ether oxygens (including phenoxy) is 1. The predicted octanol–water partition coefficient (Wildman–Crippen LogP) is 3.28. The molecule has 3 amide bonds. The number of hydrogen-bond acceptors (Lipinski definition) is 3. The summed E-state index contributed by atoms with van der Waals surface area (Å²) < 4.78 is 5.65. The Bertz CT molecular complexity index is 765. The number of rotatable bonds is 6. The molecule has 6 heteroatoms. The average molecular weight is 355 g/mol. The highest BCUT2D eigenvalue weighted by Gasteiger charge is 2.13. The van der Waals surface area contributed by atoms with Crippen LogP contribution in [0.25, 0.3) is 0 Å². The van der Waals surface area contributed by atoms with Gasteiger partial charge in [0.05, 0.1) is 6.54 Å². The van der Waals surface area contributed by atoms with Crippen molar-refractivity contribution in [3.05, 3.63) is 59.7 Å². The largest absolute Gasteiger partial charge is 0.492 e. The van der Waals surface area contributed by atoms with Crippen LogP contribution in [0.15, 0.2) is 48.5 Å². The fourth-order valence-electron chi connectivity index (χ4n) is 2.37. The molecule has 0 saturated carbocycles. The smallest absolute Gasteiger partial charge is 0.316 e. The van der Waals surface area contributed by atoms with Crippen LogP contribution in [0.3, 0.4) is 0 Å². The molecule has 0 aromatic heterocycles. The minimum Gasteiger partial charge on any atom is -0.492 e. The van der Waals surface area contributed by atoms with Crippen molar-refractivity contribution in [2.24, 2.45) is 5.73 Å². The van der Waals surface area contributed by atoms with E-state index in [2.05, 4.69) is 31.4 Å². The van der Waals surface area contributed by atoms with E-state index in [1.807, 2.05) is 24.3 Å². The SMILES string of the molecule is CC(C)(C)c1ccc(OCCNC(=O)c2cccc(NC(N)=O)c2)cc1. The van der Waals surface area contributed by atoms with Crippen molar-refractivity contribution in [3.8, 4) is 5.75 Å². The molecule has 0 bridgehead atoms. The standard InChI is InChI=1S/C20H25N3O3/c1-20(2,3)15-7-9-17(10-8-15)26-12-11-22-18(24)14-5-4-6-16(13-14)23-19(21)25/h4-10,13H,11-12H2,1-3H3,(H,22,24)(H3,21,23,25). The summed E-state index contributed by atoms with van der Waals surface area (Å²) in [5.41, 5.74) is 7.32. The molecule has 4 N–H and O–H groups in total. The van der Waals surface area contributed by atoms with Gasteiger partial charge in [0, 0.05) is 11.3 Å². The highest BCUT2D eigenvalue weighted by molar-refractivity contribution is 5.96. The lowest BCUT2D eigenvalue weighted by molar-refractivity contribution is 0.0947. The molecule has 0 atom stereocenters. The van der Waals surface area contributed by atoms with Crippen LogP contribution < -0.4 is 21.1 Å². The zero-order chi connectivity index (χ0) is 19.2. The fourth-order valence-corrected chi connectivity index (χ4v) is 2.37. The zero-order valence-corrected chi connectivity index (χ0v) is 15.3. The lowest BCUT2D eigenvalue weighted by atomic mass is 9.87. The van der Waals surface area contributed by atoms with Crippen molar-refractivity contribution in [3.63, 3.8) is 0 Å². The van der Waals surface area contributed by atoms with Crippen molar-refractivity contribution in [1.29, 1.82) is 0 Å². The van der Waals surface area contributed by atoms with Crippen LogP contribution in [0.2, 0.25) is 0 Å². The van der Waals surface area contributed by atoms with Crippen LogP contribution in [-0.2, 0) is 5.41 Å². The summed E-state index contributed by atoms with van der Waals surface area (Å²) in [5, 5.41) is 5.22. The highest BCUT2D eigenvalue weighted by atomic mass is 16.5. The molecule has 0 aliphatic heterocycles. The number of urea groups is 1. The van der Waals surface area contributed by atoms with Crippen molar-refractivity contribution in [2.45, 2.75) is 26.2 Å². The normalized spacial score (nSPS) is 10.9. The Kier molecular flexibility index (Phi) is 6.22. The van der Waals surface area contributed by atoms with Gasteiger partial charge in [-0.2, -0.15) is 0 Å². The maximum Gasteiger partial charge on any atom is 0.316 e. The lowest BCUT2D eigenvalue weighted by Gasteiger charge is -2.19. The molecule has 26 heavy (non-hydrogen) atoms. The van der Waals surface area contributed by atoms with Crippen LogP contribution in [0.4, 0.5) is 10.5 Å². The Morgan fingerprint density at radius 1 is 1.08 bits per heavy atom. The fraction of sp³-hybridized carbons (Fsp3) is 0.300. The minimum atomic E-state index is -0.673. The minimum absolute atomic E-state index is 0.102. The van der Waals surface area contributed by atoms with Crippen molar-refractivity contribution >= 4 is 17.6 Å². The first-order valence-corrected chi connectivity index (χ1v) is 8.44. The molecule has 6 nitrogen and oxygen atoms in total. The molecule has 2 rings (SSSR count). The maximum absolute atomic E-state index is 12.1. The van der Waals surface area contributed by atoms with Crippen molar-refractivity contribution in [1.82, 2.24) is 5.32 Å². The number of carbonyl (C=O) groups excluding carboxylic acids is 2. The molecule has 0 saturated heterocycles. The van der Waals surface area contributed by atoms with Gasteiger partial charge < -0.3 is 21.1 Å². The van der Waals surface area contributed by atoms with E-state index in [4.69, 9.17) is 10.5 Å². The Hall–Kier alpha value is -3.02. The molecule has 138 valence electrons. The van der Waals surface area contributed by atoms with Crippen LogP contribution in [-0.4, -0.2) is 25.1 Å². The van der Waals surface area contributed by atoms with Crippen LogP contribution in [0, 0.1) is 0 Å². The van der Waals surface area contributed by atoms with Gasteiger partial charge in [-0.1, -0.05) is 39.0 Å². The van der Waals surface area contributed by atoms with Gasteiger partial charge in [0.25, 0.3) is 5.91 Å². The molecule has 0 unspecified atom stereocenters. The summed E-state index contributed by atoms with van der Waals surface area (Å²) in [6.45, 7) is 7.21. The Morgan fingerprint density at radius 2 is 1.77 bits per heavy atom.